The number of benzene rings is 4. The van der Waals surface area contributed by atoms with Crippen LogP contribution in [0.4, 0.5) is 5.69 Å². The monoisotopic (exact) mass is 660 g/mol. The van der Waals surface area contributed by atoms with Gasteiger partial charge in [-0.15, -0.1) is 0 Å². The molecule has 47 heavy (non-hydrogen) atoms. The summed E-state index contributed by atoms with van der Waals surface area (Å²) >= 11 is 0. The molecule has 0 fully saturated rings. The first-order valence-electron chi connectivity index (χ1n) is 15.5. The Hall–Kier alpha value is -4.38. The highest BCUT2D eigenvalue weighted by Crippen LogP contribution is 2.33. The summed E-state index contributed by atoms with van der Waals surface area (Å²) < 4.78 is 38.7. The number of aliphatic hydroxyl groups is 1. The van der Waals surface area contributed by atoms with Crippen LogP contribution in [0, 0.1) is 13.8 Å². The highest BCUT2D eigenvalue weighted by atomic mass is 32.2. The summed E-state index contributed by atoms with van der Waals surface area (Å²) in [6.45, 7) is 10.9. The summed E-state index contributed by atoms with van der Waals surface area (Å²) in [5, 5.41) is 24.0. The molecule has 0 aliphatic carbocycles. The van der Waals surface area contributed by atoms with Crippen LogP contribution in [-0.2, 0) is 16.6 Å². The van der Waals surface area contributed by atoms with E-state index in [4.69, 9.17) is 9.47 Å². The predicted molar refractivity (Wildman–Crippen MR) is 186 cm³/mol. The quantitative estimate of drug-likeness (QED) is 0.102. The number of carbonyl (C=O) groups is 1. The molecule has 0 saturated carbocycles. The van der Waals surface area contributed by atoms with Gasteiger partial charge in [0.1, 0.15) is 24.7 Å². The second-order valence-corrected chi connectivity index (χ2v) is 13.9. The summed E-state index contributed by atoms with van der Waals surface area (Å²) in [5.41, 5.74) is 6.70. The number of aliphatic hydroxyl groups excluding tert-OH is 1. The third-order valence-electron chi connectivity index (χ3n) is 7.86. The lowest BCUT2D eigenvalue weighted by Crippen LogP contribution is -2.35. The number of ether oxygens (including phenoxy) is 2. The van der Waals surface area contributed by atoms with Gasteiger partial charge in [0.2, 0.25) is 10.0 Å². The van der Waals surface area contributed by atoms with Crippen molar-refractivity contribution in [2.45, 2.75) is 59.3 Å². The van der Waals surface area contributed by atoms with Gasteiger partial charge in [-0.1, -0.05) is 62.4 Å². The first-order valence-corrected chi connectivity index (χ1v) is 17.4. The van der Waals surface area contributed by atoms with Crippen LogP contribution in [0.15, 0.2) is 78.9 Å². The van der Waals surface area contributed by atoms with Crippen LogP contribution >= 0.6 is 0 Å². The Balaban J connectivity index is 1.38. The van der Waals surface area contributed by atoms with Crippen molar-refractivity contribution >= 4 is 21.7 Å². The van der Waals surface area contributed by atoms with Gasteiger partial charge < -0.3 is 25.0 Å². The zero-order valence-electron chi connectivity index (χ0n) is 27.7. The van der Waals surface area contributed by atoms with Gasteiger partial charge in [-0.3, -0.25) is 4.72 Å². The maximum atomic E-state index is 12.1. The van der Waals surface area contributed by atoms with Gasteiger partial charge in [0, 0.05) is 12.6 Å². The second kappa shape index (κ2) is 15.5. The van der Waals surface area contributed by atoms with Crippen LogP contribution in [0.1, 0.15) is 71.0 Å². The Bertz CT molecular complexity index is 1780. The van der Waals surface area contributed by atoms with Gasteiger partial charge in [-0.2, -0.15) is 0 Å². The molecule has 0 aromatic heterocycles. The topological polar surface area (TPSA) is 134 Å². The van der Waals surface area contributed by atoms with E-state index in [0.29, 0.717) is 30.0 Å². The van der Waals surface area contributed by atoms with Crippen molar-refractivity contribution in [1.82, 2.24) is 5.32 Å². The number of carboxylic acid groups (broad SMARTS) is 1. The molecule has 0 aliphatic rings. The molecule has 4 aromatic rings. The van der Waals surface area contributed by atoms with E-state index in [1.807, 2.05) is 89.2 Å². The number of sulfonamides is 1. The minimum atomic E-state index is -3.59. The molecule has 4 N–H and O–H groups in total. The third kappa shape index (κ3) is 9.57. The molecule has 4 aromatic carbocycles. The number of aromatic carboxylic acids is 1. The number of hydrogen-bond donors (Lipinski definition) is 4. The number of anilines is 1. The molecular formula is C37H44N2O7S. The van der Waals surface area contributed by atoms with Crippen molar-refractivity contribution in [3.63, 3.8) is 0 Å². The Morgan fingerprint density at radius 1 is 0.872 bits per heavy atom. The van der Waals surface area contributed by atoms with Crippen LogP contribution in [0.3, 0.4) is 0 Å². The van der Waals surface area contributed by atoms with E-state index in [1.54, 1.807) is 24.3 Å². The molecule has 0 bridgehead atoms. The van der Waals surface area contributed by atoms with Crippen molar-refractivity contribution < 1.29 is 32.9 Å². The molecule has 250 valence electrons. The van der Waals surface area contributed by atoms with E-state index in [2.05, 4.69) is 10.0 Å². The molecule has 10 heteroatoms. The maximum absolute atomic E-state index is 12.1. The van der Waals surface area contributed by atoms with Crippen molar-refractivity contribution in [3.05, 3.63) is 112 Å². The predicted octanol–water partition coefficient (Wildman–Crippen LogP) is 6.83. The average molecular weight is 661 g/mol. The Morgan fingerprint density at radius 3 is 2.17 bits per heavy atom. The van der Waals surface area contributed by atoms with Gasteiger partial charge in [0.15, 0.2) is 0 Å². The fourth-order valence-corrected chi connectivity index (χ4v) is 6.03. The van der Waals surface area contributed by atoms with Crippen molar-refractivity contribution in [2.24, 2.45) is 0 Å². The van der Waals surface area contributed by atoms with E-state index in [9.17, 15) is 23.4 Å². The fraction of sp³-hybridized carbons (Fsp3) is 0.324. The molecule has 0 heterocycles. The van der Waals surface area contributed by atoms with E-state index in [-0.39, 0.29) is 24.3 Å². The second-order valence-electron chi connectivity index (χ2n) is 12.1. The van der Waals surface area contributed by atoms with Crippen LogP contribution < -0.4 is 19.5 Å². The van der Waals surface area contributed by atoms with E-state index >= 15 is 0 Å². The SMILES string of the molecule is Cc1cc(-c2ccc(C(=O)O)c(C(C)C)c2)cc(C)c1OCCN[C@@H](C)[C@@H](O)c1ccc(OCc2ccccc2)c(NS(C)(=O)=O)c1. The molecular weight excluding hydrogens is 616 g/mol. The lowest BCUT2D eigenvalue weighted by atomic mass is 9.91. The molecule has 9 nitrogen and oxygen atoms in total. The lowest BCUT2D eigenvalue weighted by molar-refractivity contribution is 0.0695. The number of nitrogens with one attached hydrogen (secondary N) is 2. The van der Waals surface area contributed by atoms with Crippen molar-refractivity contribution in [2.75, 3.05) is 24.1 Å². The molecule has 2 atom stereocenters. The minimum Gasteiger partial charge on any atom is -0.492 e. The molecule has 0 saturated heterocycles. The molecule has 0 spiro atoms. The number of aryl methyl sites for hydroxylation is 2. The normalized spacial score (nSPS) is 12.9. The Morgan fingerprint density at radius 2 is 1.55 bits per heavy atom. The first-order chi connectivity index (χ1) is 22.2. The number of carboxylic acids is 1. The number of rotatable bonds is 15. The number of hydrogen-bond acceptors (Lipinski definition) is 7. The zero-order valence-corrected chi connectivity index (χ0v) is 28.5. The Labute approximate surface area is 277 Å². The first kappa shape index (κ1) is 35.5. The smallest absolute Gasteiger partial charge is 0.335 e. The van der Waals surface area contributed by atoms with Gasteiger partial charge in [0.05, 0.1) is 23.6 Å². The molecule has 0 radical (unpaired) electrons. The average Bonchev–Trinajstić information content (AvgIpc) is 3.02. The molecule has 0 unspecified atom stereocenters. The van der Waals surface area contributed by atoms with Gasteiger partial charge in [-0.05, 0) is 96.0 Å². The van der Waals surface area contributed by atoms with Crippen LogP contribution in [-0.4, -0.2) is 50.0 Å². The summed E-state index contributed by atoms with van der Waals surface area (Å²) in [6, 6.07) is 23.7. The van der Waals surface area contributed by atoms with E-state index in [0.717, 1.165) is 45.4 Å². The zero-order chi connectivity index (χ0) is 34.3. The van der Waals surface area contributed by atoms with Gasteiger partial charge in [0.25, 0.3) is 0 Å². The van der Waals surface area contributed by atoms with Crippen LogP contribution in [0.2, 0.25) is 0 Å². The van der Waals surface area contributed by atoms with Gasteiger partial charge >= 0.3 is 5.97 Å². The maximum Gasteiger partial charge on any atom is 0.335 e. The standard InChI is InChI=1S/C37H44N2O7S/c1-23(2)32-20-28(12-14-31(32)37(41)42)30-18-24(3)36(25(4)19-30)45-17-16-38-26(5)35(40)29-13-15-34(33(21-29)39-47(6,43)44)46-22-27-10-8-7-9-11-27/h7-15,18-21,23,26,35,38-40H,16-17,22H2,1-6H3,(H,41,42)/t26-,35+/m0/s1. The molecule has 0 aliphatic heterocycles. The third-order valence-corrected chi connectivity index (χ3v) is 8.45. The highest BCUT2D eigenvalue weighted by Gasteiger charge is 2.20. The molecule has 0 amide bonds. The van der Waals surface area contributed by atoms with E-state index in [1.165, 1.54) is 0 Å². The minimum absolute atomic E-state index is 0.0729. The summed E-state index contributed by atoms with van der Waals surface area (Å²) in [4.78, 5) is 11.7. The fourth-order valence-electron chi connectivity index (χ4n) is 5.47. The lowest BCUT2D eigenvalue weighted by Gasteiger charge is -2.23. The summed E-state index contributed by atoms with van der Waals surface area (Å²) in [6.07, 6.45) is 0.142. The van der Waals surface area contributed by atoms with Crippen molar-refractivity contribution in [3.8, 4) is 22.6 Å². The van der Waals surface area contributed by atoms with Crippen LogP contribution in [0.5, 0.6) is 11.5 Å². The van der Waals surface area contributed by atoms with Gasteiger partial charge in [-0.25, -0.2) is 13.2 Å². The summed E-state index contributed by atoms with van der Waals surface area (Å²) in [7, 11) is -3.59. The Kier molecular flexibility index (Phi) is 11.7. The highest BCUT2D eigenvalue weighted by molar-refractivity contribution is 7.92. The van der Waals surface area contributed by atoms with Crippen molar-refractivity contribution in [1.29, 1.82) is 0 Å². The van der Waals surface area contributed by atoms with E-state index < -0.39 is 22.1 Å². The molecule has 4 rings (SSSR count). The largest absolute Gasteiger partial charge is 0.492 e. The summed E-state index contributed by atoms with van der Waals surface area (Å²) in [5.74, 6) is 0.280. The van der Waals surface area contributed by atoms with Crippen LogP contribution in [0.25, 0.3) is 11.1 Å².